The van der Waals surface area contributed by atoms with Crippen molar-refractivity contribution in [3.05, 3.63) is 12.5 Å². The molecule has 0 bridgehead atoms. The largest absolute Gasteiger partial charge is 0.382 e. The first kappa shape index (κ1) is 10.6. The summed E-state index contributed by atoms with van der Waals surface area (Å²) in [5.74, 6) is 0.879. The molecule has 14 heavy (non-hydrogen) atoms. The third-order valence-corrected chi connectivity index (χ3v) is 1.69. The molecule has 1 rings (SSSR count). The third kappa shape index (κ3) is 3.47. The van der Waals surface area contributed by atoms with E-state index in [4.69, 9.17) is 5.73 Å². The summed E-state index contributed by atoms with van der Waals surface area (Å²) in [7, 11) is 0. The summed E-state index contributed by atoms with van der Waals surface area (Å²) in [6.07, 6.45) is 3.18. The highest BCUT2D eigenvalue weighted by Gasteiger charge is 2.03. The summed E-state index contributed by atoms with van der Waals surface area (Å²) in [6.45, 7) is 5.07. The van der Waals surface area contributed by atoms with Crippen molar-refractivity contribution in [3.8, 4) is 0 Å². The van der Waals surface area contributed by atoms with Crippen LogP contribution in [0.2, 0.25) is 0 Å². The van der Waals surface area contributed by atoms with E-state index in [0.717, 1.165) is 0 Å². The first-order valence-electron chi connectivity index (χ1n) is 4.62. The monoisotopic (exact) mass is 196 g/mol. The molecule has 0 fully saturated rings. The first-order chi connectivity index (χ1) is 6.58. The number of imidazole rings is 1. The molecule has 1 aromatic heterocycles. The number of rotatable bonds is 4. The van der Waals surface area contributed by atoms with Gasteiger partial charge in [0.25, 0.3) is 0 Å². The topological polar surface area (TPSA) is 72.9 Å². The summed E-state index contributed by atoms with van der Waals surface area (Å²) in [4.78, 5) is 15.2. The second kappa shape index (κ2) is 4.64. The Hall–Kier alpha value is -1.52. The normalized spacial score (nSPS) is 10.5. The molecule has 0 atom stereocenters. The van der Waals surface area contributed by atoms with Crippen LogP contribution in [0.25, 0.3) is 0 Å². The van der Waals surface area contributed by atoms with Crippen LogP contribution >= 0.6 is 0 Å². The average molecular weight is 196 g/mol. The fourth-order valence-electron chi connectivity index (χ4n) is 1.00. The number of carbonyl (C=O) groups excluding carboxylic acids is 1. The number of nitrogens with zero attached hydrogens (tertiary/aromatic N) is 2. The van der Waals surface area contributed by atoms with Gasteiger partial charge in [-0.15, -0.1) is 0 Å². The zero-order valence-electron chi connectivity index (χ0n) is 8.53. The Bertz CT molecular complexity index is 306. The molecular formula is C9H16N4O. The van der Waals surface area contributed by atoms with E-state index in [0.29, 0.717) is 18.3 Å². The molecule has 0 aliphatic heterocycles. The number of nitrogens with two attached hydrogens (primary N) is 1. The molecule has 1 heterocycles. The molecule has 3 N–H and O–H groups in total. The van der Waals surface area contributed by atoms with Gasteiger partial charge in [0.1, 0.15) is 12.4 Å². The van der Waals surface area contributed by atoms with E-state index in [1.54, 1.807) is 17.1 Å². The van der Waals surface area contributed by atoms with E-state index < -0.39 is 0 Å². The van der Waals surface area contributed by atoms with E-state index in [2.05, 4.69) is 24.1 Å². The van der Waals surface area contributed by atoms with Crippen molar-refractivity contribution >= 4 is 11.7 Å². The Morgan fingerprint density at radius 3 is 2.93 bits per heavy atom. The molecule has 0 radical (unpaired) electrons. The standard InChI is InChI=1S/C9H16N4O/c1-7(2)3-11-9(14)5-13-4-8(10)12-6-13/h4,6-7H,3,5,10H2,1-2H3,(H,11,14). The molecule has 0 saturated heterocycles. The molecule has 0 spiro atoms. The van der Waals surface area contributed by atoms with Crippen molar-refractivity contribution in [2.24, 2.45) is 5.92 Å². The Balaban J connectivity index is 2.34. The van der Waals surface area contributed by atoms with Gasteiger partial charge in [0, 0.05) is 12.7 Å². The van der Waals surface area contributed by atoms with Gasteiger partial charge in [0.05, 0.1) is 6.33 Å². The van der Waals surface area contributed by atoms with Crippen molar-refractivity contribution in [3.63, 3.8) is 0 Å². The van der Waals surface area contributed by atoms with Gasteiger partial charge in [0.2, 0.25) is 5.91 Å². The number of nitrogens with one attached hydrogen (secondary N) is 1. The Labute approximate surface area is 83.3 Å². The lowest BCUT2D eigenvalue weighted by atomic mass is 10.2. The van der Waals surface area contributed by atoms with Gasteiger partial charge in [-0.25, -0.2) is 4.98 Å². The van der Waals surface area contributed by atoms with Crippen LogP contribution in [0.4, 0.5) is 5.82 Å². The van der Waals surface area contributed by atoms with Gasteiger partial charge < -0.3 is 15.6 Å². The number of anilines is 1. The lowest BCUT2D eigenvalue weighted by molar-refractivity contribution is -0.121. The van der Waals surface area contributed by atoms with E-state index in [-0.39, 0.29) is 12.5 Å². The van der Waals surface area contributed by atoms with Crippen LogP contribution in [0.3, 0.4) is 0 Å². The van der Waals surface area contributed by atoms with Crippen LogP contribution in [-0.2, 0) is 11.3 Å². The van der Waals surface area contributed by atoms with Gasteiger partial charge in [-0.05, 0) is 5.92 Å². The summed E-state index contributed by atoms with van der Waals surface area (Å²) in [5.41, 5.74) is 5.41. The lowest BCUT2D eigenvalue weighted by Gasteiger charge is -2.07. The molecule has 78 valence electrons. The maximum atomic E-state index is 11.3. The van der Waals surface area contributed by atoms with Crippen molar-refractivity contribution in [1.29, 1.82) is 0 Å². The number of hydrogen-bond acceptors (Lipinski definition) is 3. The summed E-state index contributed by atoms with van der Waals surface area (Å²) in [6, 6.07) is 0. The molecule has 0 unspecified atom stereocenters. The number of hydrogen-bond donors (Lipinski definition) is 2. The number of amides is 1. The average Bonchev–Trinajstić information content (AvgIpc) is 2.48. The van der Waals surface area contributed by atoms with Crippen LogP contribution in [0.5, 0.6) is 0 Å². The lowest BCUT2D eigenvalue weighted by Crippen LogP contribution is -2.30. The molecule has 0 aliphatic carbocycles. The van der Waals surface area contributed by atoms with Gasteiger partial charge in [-0.2, -0.15) is 0 Å². The van der Waals surface area contributed by atoms with Crippen molar-refractivity contribution in [2.45, 2.75) is 20.4 Å². The Kier molecular flexibility index (Phi) is 3.50. The zero-order valence-corrected chi connectivity index (χ0v) is 8.53. The van der Waals surface area contributed by atoms with Crippen molar-refractivity contribution in [1.82, 2.24) is 14.9 Å². The highest BCUT2D eigenvalue weighted by Crippen LogP contribution is 1.96. The number of carbonyl (C=O) groups is 1. The minimum atomic E-state index is -0.0175. The second-order valence-electron chi connectivity index (χ2n) is 3.67. The van der Waals surface area contributed by atoms with Crippen LogP contribution in [0.15, 0.2) is 12.5 Å². The maximum Gasteiger partial charge on any atom is 0.239 e. The molecular weight excluding hydrogens is 180 g/mol. The van der Waals surface area contributed by atoms with Crippen LogP contribution in [0.1, 0.15) is 13.8 Å². The van der Waals surface area contributed by atoms with Gasteiger partial charge in [-0.3, -0.25) is 4.79 Å². The van der Waals surface area contributed by atoms with Crippen LogP contribution in [0, 0.1) is 5.92 Å². The van der Waals surface area contributed by atoms with Gasteiger partial charge >= 0.3 is 0 Å². The first-order valence-corrected chi connectivity index (χ1v) is 4.62. The SMILES string of the molecule is CC(C)CNC(=O)Cn1cnc(N)c1. The molecule has 1 amide bonds. The van der Waals surface area contributed by atoms with Crippen LogP contribution in [-0.4, -0.2) is 22.0 Å². The molecule has 0 aromatic carbocycles. The van der Waals surface area contributed by atoms with Gasteiger partial charge in [-0.1, -0.05) is 13.8 Å². The van der Waals surface area contributed by atoms with E-state index in [1.807, 2.05) is 0 Å². The van der Waals surface area contributed by atoms with Crippen LogP contribution < -0.4 is 11.1 Å². The fourth-order valence-corrected chi connectivity index (χ4v) is 1.00. The second-order valence-corrected chi connectivity index (χ2v) is 3.67. The van der Waals surface area contributed by atoms with Crippen molar-refractivity contribution in [2.75, 3.05) is 12.3 Å². The predicted octanol–water partition coefficient (Wildman–Crippen LogP) is 0.237. The van der Waals surface area contributed by atoms with Crippen molar-refractivity contribution < 1.29 is 4.79 Å². The third-order valence-electron chi connectivity index (χ3n) is 1.69. The Morgan fingerprint density at radius 1 is 1.71 bits per heavy atom. The minimum absolute atomic E-state index is 0.0175. The van der Waals surface area contributed by atoms with E-state index >= 15 is 0 Å². The van der Waals surface area contributed by atoms with E-state index in [1.165, 1.54) is 0 Å². The molecule has 1 aromatic rings. The highest BCUT2D eigenvalue weighted by molar-refractivity contribution is 5.75. The zero-order chi connectivity index (χ0) is 10.6. The maximum absolute atomic E-state index is 11.3. The minimum Gasteiger partial charge on any atom is -0.382 e. The highest BCUT2D eigenvalue weighted by atomic mass is 16.1. The number of nitrogen functional groups attached to an aromatic ring is 1. The quantitative estimate of drug-likeness (QED) is 0.724. The molecule has 0 saturated carbocycles. The Morgan fingerprint density at radius 2 is 2.43 bits per heavy atom. The molecule has 5 heteroatoms. The molecule has 0 aliphatic rings. The van der Waals surface area contributed by atoms with Gasteiger partial charge in [0.15, 0.2) is 0 Å². The number of aromatic nitrogens is 2. The predicted molar refractivity (Wildman–Crippen MR) is 54.5 cm³/mol. The molecule has 5 nitrogen and oxygen atoms in total. The van der Waals surface area contributed by atoms with E-state index in [9.17, 15) is 4.79 Å². The summed E-state index contributed by atoms with van der Waals surface area (Å²) in [5, 5.41) is 2.81. The fraction of sp³-hybridized carbons (Fsp3) is 0.556. The summed E-state index contributed by atoms with van der Waals surface area (Å²) < 4.78 is 1.66. The summed E-state index contributed by atoms with van der Waals surface area (Å²) >= 11 is 0. The smallest absolute Gasteiger partial charge is 0.239 e.